The van der Waals surface area contributed by atoms with E-state index in [1.807, 2.05) is 6.07 Å². The van der Waals surface area contributed by atoms with Crippen molar-refractivity contribution in [2.45, 2.75) is 50.2 Å². The molecular formula is C22H26N6O3S. The first-order valence-electron chi connectivity index (χ1n) is 11.0. The lowest BCUT2D eigenvalue weighted by Crippen LogP contribution is -2.61. The fraction of sp³-hybridized carbons (Fsp3) is 0.455. The highest BCUT2D eigenvalue weighted by atomic mass is 32.1. The summed E-state index contributed by atoms with van der Waals surface area (Å²) in [6, 6.07) is 5.71. The standard InChI is InChI=1S/C22H26N6O3S/c29-20(19-23-9-10-24-19)26-15-8-11-28(12-17(15)25-13-4-1-2-5-13)22-27-16-7-3-6-14(21(30)31)18(16)32-22/h3,6-7,9-10,13,15,17,25H,1-2,4-5,8,11-12H2,(H,23,24)(H,26,29)(H,30,31). The molecule has 2 fully saturated rings. The number of hydrogen-bond acceptors (Lipinski definition) is 7. The number of fused-ring (bicyclic) bond motifs is 1. The molecule has 168 valence electrons. The number of carboxylic acids is 1. The first-order chi connectivity index (χ1) is 15.6. The third kappa shape index (κ3) is 4.20. The van der Waals surface area contributed by atoms with Gasteiger partial charge in [-0.25, -0.2) is 14.8 Å². The van der Waals surface area contributed by atoms with Crippen LogP contribution in [0.25, 0.3) is 10.2 Å². The van der Waals surface area contributed by atoms with E-state index in [-0.39, 0.29) is 23.6 Å². The molecule has 5 rings (SSSR count). The van der Waals surface area contributed by atoms with Crippen LogP contribution in [0.4, 0.5) is 5.13 Å². The fourth-order valence-electron chi connectivity index (χ4n) is 4.73. The van der Waals surface area contributed by atoms with Crippen LogP contribution in [-0.4, -0.2) is 63.1 Å². The van der Waals surface area contributed by atoms with Gasteiger partial charge in [-0.15, -0.1) is 0 Å². The third-order valence-electron chi connectivity index (χ3n) is 6.35. The predicted octanol–water partition coefficient (Wildman–Crippen LogP) is 2.63. The number of anilines is 1. The number of piperidine rings is 1. The van der Waals surface area contributed by atoms with Crippen LogP contribution in [0.1, 0.15) is 53.1 Å². The smallest absolute Gasteiger partial charge is 0.337 e. The number of rotatable bonds is 6. The summed E-state index contributed by atoms with van der Waals surface area (Å²) < 4.78 is 0.698. The van der Waals surface area contributed by atoms with Gasteiger partial charge in [-0.3, -0.25) is 4.79 Å². The predicted molar refractivity (Wildman–Crippen MR) is 122 cm³/mol. The zero-order chi connectivity index (χ0) is 22.1. The maximum absolute atomic E-state index is 12.6. The second kappa shape index (κ2) is 8.87. The van der Waals surface area contributed by atoms with Gasteiger partial charge in [0.2, 0.25) is 0 Å². The van der Waals surface area contributed by atoms with Crippen LogP contribution in [0.3, 0.4) is 0 Å². The largest absolute Gasteiger partial charge is 0.478 e. The average Bonchev–Trinajstić information content (AvgIpc) is 3.55. The summed E-state index contributed by atoms with van der Waals surface area (Å²) in [5.74, 6) is -0.817. The number of H-pyrrole nitrogens is 1. The molecule has 0 radical (unpaired) electrons. The van der Waals surface area contributed by atoms with Crippen molar-refractivity contribution in [3.8, 4) is 0 Å². The Kier molecular flexibility index (Phi) is 5.79. The molecule has 1 saturated carbocycles. The van der Waals surface area contributed by atoms with Crippen molar-refractivity contribution in [1.29, 1.82) is 0 Å². The number of thiazole rings is 1. The molecule has 2 aliphatic rings. The highest BCUT2D eigenvalue weighted by Gasteiger charge is 2.34. The first-order valence-corrected chi connectivity index (χ1v) is 11.8. The fourth-order valence-corrected chi connectivity index (χ4v) is 5.83. The van der Waals surface area contributed by atoms with E-state index in [0.717, 1.165) is 30.9 Å². The molecule has 1 aliphatic carbocycles. The average molecular weight is 455 g/mol. The van der Waals surface area contributed by atoms with E-state index in [1.54, 1.807) is 24.5 Å². The molecule has 9 nitrogen and oxygen atoms in total. The van der Waals surface area contributed by atoms with Crippen LogP contribution in [0.2, 0.25) is 0 Å². The van der Waals surface area contributed by atoms with Crippen LogP contribution in [0.5, 0.6) is 0 Å². The van der Waals surface area contributed by atoms with Gasteiger partial charge in [-0.1, -0.05) is 30.2 Å². The number of carboxylic acid groups (broad SMARTS) is 1. The lowest BCUT2D eigenvalue weighted by Gasteiger charge is -2.40. The van der Waals surface area contributed by atoms with Crippen LogP contribution in [0.15, 0.2) is 30.6 Å². The Bertz CT molecular complexity index is 1110. The summed E-state index contributed by atoms with van der Waals surface area (Å²) in [4.78, 5) is 38.1. The van der Waals surface area contributed by atoms with Crippen LogP contribution in [0, 0.1) is 0 Å². The minimum Gasteiger partial charge on any atom is -0.478 e. The molecule has 1 saturated heterocycles. The number of amides is 1. The van der Waals surface area contributed by atoms with E-state index in [9.17, 15) is 14.7 Å². The maximum Gasteiger partial charge on any atom is 0.337 e. The zero-order valence-corrected chi connectivity index (χ0v) is 18.4. The Morgan fingerprint density at radius 1 is 1.19 bits per heavy atom. The van der Waals surface area contributed by atoms with Gasteiger partial charge in [0, 0.05) is 43.6 Å². The monoisotopic (exact) mass is 454 g/mol. The number of aromatic carboxylic acids is 1. The zero-order valence-electron chi connectivity index (χ0n) is 17.6. The van der Waals surface area contributed by atoms with E-state index in [1.165, 1.54) is 24.2 Å². The van der Waals surface area contributed by atoms with E-state index >= 15 is 0 Å². The number of imidazole rings is 1. The Morgan fingerprint density at radius 3 is 2.78 bits per heavy atom. The second-order valence-corrected chi connectivity index (χ2v) is 9.44. The minimum absolute atomic E-state index is 0.0200. The second-order valence-electron chi connectivity index (χ2n) is 8.46. The number of nitrogens with one attached hydrogen (secondary N) is 3. The van der Waals surface area contributed by atoms with Gasteiger partial charge < -0.3 is 25.6 Å². The molecule has 3 aromatic rings. The van der Waals surface area contributed by atoms with Crippen molar-refractivity contribution < 1.29 is 14.7 Å². The maximum atomic E-state index is 12.6. The van der Waals surface area contributed by atoms with Crippen molar-refractivity contribution >= 4 is 38.6 Å². The summed E-state index contributed by atoms with van der Waals surface area (Å²) in [5, 5.41) is 17.3. The Labute approximate surface area is 189 Å². The van der Waals surface area contributed by atoms with E-state index in [0.29, 0.717) is 28.6 Å². The van der Waals surface area contributed by atoms with Gasteiger partial charge in [0.15, 0.2) is 11.0 Å². The van der Waals surface area contributed by atoms with Crippen molar-refractivity contribution in [2.75, 3.05) is 18.0 Å². The SMILES string of the molecule is O=C(NC1CCN(c2nc3cccc(C(=O)O)c3s2)CC1NC1CCCC1)c1ncc[nH]1. The Balaban J connectivity index is 1.36. The number of nitrogens with zero attached hydrogens (tertiary/aromatic N) is 3. The summed E-state index contributed by atoms with van der Waals surface area (Å²) in [7, 11) is 0. The quantitative estimate of drug-likeness (QED) is 0.451. The summed E-state index contributed by atoms with van der Waals surface area (Å²) in [5.41, 5.74) is 0.992. The van der Waals surface area contributed by atoms with E-state index in [2.05, 4.69) is 25.5 Å². The molecule has 2 unspecified atom stereocenters. The number of carbonyl (C=O) groups is 2. The number of hydrogen-bond donors (Lipinski definition) is 4. The van der Waals surface area contributed by atoms with Gasteiger partial charge in [0.25, 0.3) is 5.91 Å². The van der Waals surface area contributed by atoms with Crippen LogP contribution in [-0.2, 0) is 0 Å². The summed E-state index contributed by atoms with van der Waals surface area (Å²) >= 11 is 1.42. The normalized spacial score (nSPS) is 21.8. The molecule has 10 heteroatoms. The molecule has 3 heterocycles. The molecule has 2 aromatic heterocycles. The van der Waals surface area contributed by atoms with Crippen LogP contribution < -0.4 is 15.5 Å². The first kappa shape index (κ1) is 20.9. The molecule has 1 amide bonds. The van der Waals surface area contributed by atoms with Gasteiger partial charge in [0.1, 0.15) is 0 Å². The number of carbonyl (C=O) groups excluding carboxylic acids is 1. The molecule has 0 spiro atoms. The summed E-state index contributed by atoms with van der Waals surface area (Å²) in [6.07, 6.45) is 8.74. The van der Waals surface area contributed by atoms with Gasteiger partial charge in [-0.05, 0) is 31.4 Å². The molecule has 32 heavy (non-hydrogen) atoms. The van der Waals surface area contributed by atoms with Crippen molar-refractivity contribution in [1.82, 2.24) is 25.6 Å². The molecule has 0 bridgehead atoms. The minimum atomic E-state index is -0.939. The summed E-state index contributed by atoms with van der Waals surface area (Å²) in [6.45, 7) is 1.43. The molecule has 1 aliphatic heterocycles. The van der Waals surface area contributed by atoms with Gasteiger partial charge in [-0.2, -0.15) is 0 Å². The topological polar surface area (TPSA) is 123 Å². The van der Waals surface area contributed by atoms with E-state index in [4.69, 9.17) is 4.98 Å². The van der Waals surface area contributed by atoms with Gasteiger partial charge >= 0.3 is 5.97 Å². The Morgan fingerprint density at radius 2 is 2.03 bits per heavy atom. The number of aromatic amines is 1. The van der Waals surface area contributed by atoms with Crippen LogP contribution >= 0.6 is 11.3 Å². The highest BCUT2D eigenvalue weighted by Crippen LogP contribution is 2.33. The van der Waals surface area contributed by atoms with Crippen molar-refractivity contribution in [3.63, 3.8) is 0 Å². The lowest BCUT2D eigenvalue weighted by molar-refractivity contribution is 0.0699. The van der Waals surface area contributed by atoms with E-state index < -0.39 is 5.97 Å². The van der Waals surface area contributed by atoms with Crippen molar-refractivity contribution in [2.24, 2.45) is 0 Å². The number of aromatic nitrogens is 3. The van der Waals surface area contributed by atoms with Crippen molar-refractivity contribution in [3.05, 3.63) is 42.0 Å². The number of benzene rings is 1. The highest BCUT2D eigenvalue weighted by molar-refractivity contribution is 7.22. The molecule has 2 atom stereocenters. The third-order valence-corrected chi connectivity index (χ3v) is 7.52. The van der Waals surface area contributed by atoms with Gasteiger partial charge in [0.05, 0.1) is 15.8 Å². The molecular weight excluding hydrogens is 428 g/mol. The Hall–Kier alpha value is -2.98. The molecule has 4 N–H and O–H groups in total. The lowest BCUT2D eigenvalue weighted by atomic mass is 9.98. The molecule has 1 aromatic carbocycles.